The molecule has 3 rings (SSSR count). The van der Waals surface area contributed by atoms with Crippen molar-refractivity contribution >= 4 is 11.9 Å². The summed E-state index contributed by atoms with van der Waals surface area (Å²) >= 11 is 0. The highest BCUT2D eigenvalue weighted by Crippen LogP contribution is 2.50. The maximum Gasteiger partial charge on any atom is 0.327 e. The van der Waals surface area contributed by atoms with Crippen LogP contribution < -0.4 is 0 Å². The van der Waals surface area contributed by atoms with Gasteiger partial charge in [-0.3, -0.25) is 9.69 Å². The van der Waals surface area contributed by atoms with Gasteiger partial charge in [-0.15, -0.1) is 0 Å². The SMILES string of the molecule is C[C@H](O)C1(C(=O)N2C(=O)N(C)[C@@H](C)[C@H]2c2ccccc2)CCC(C(C)(C)C)CC1. The van der Waals surface area contributed by atoms with E-state index in [4.69, 9.17) is 0 Å². The van der Waals surface area contributed by atoms with Crippen LogP contribution in [0, 0.1) is 16.7 Å². The molecule has 5 nitrogen and oxygen atoms in total. The third-order valence-electron chi connectivity index (χ3n) is 7.54. The van der Waals surface area contributed by atoms with Gasteiger partial charge in [-0.1, -0.05) is 51.1 Å². The van der Waals surface area contributed by atoms with Gasteiger partial charge in [0, 0.05) is 7.05 Å². The van der Waals surface area contributed by atoms with Crippen LogP contribution in [0.2, 0.25) is 0 Å². The Kier molecular flexibility index (Phi) is 5.83. The Labute approximate surface area is 175 Å². The molecule has 0 bridgehead atoms. The fraction of sp³-hybridized carbons (Fsp3) is 0.667. The molecule has 3 atom stereocenters. The van der Waals surface area contributed by atoms with Gasteiger partial charge in [0.1, 0.15) is 0 Å². The van der Waals surface area contributed by atoms with Crippen molar-refractivity contribution < 1.29 is 14.7 Å². The number of likely N-dealkylation sites (N-methyl/N-ethyl adjacent to an activating group) is 1. The number of carbonyl (C=O) groups excluding carboxylic acids is 2. The number of aliphatic hydroxyl groups excluding tert-OH is 1. The largest absolute Gasteiger partial charge is 0.392 e. The minimum absolute atomic E-state index is 0.120. The van der Waals surface area contributed by atoms with E-state index < -0.39 is 11.5 Å². The van der Waals surface area contributed by atoms with Crippen LogP contribution >= 0.6 is 0 Å². The summed E-state index contributed by atoms with van der Waals surface area (Å²) in [5, 5.41) is 10.7. The van der Waals surface area contributed by atoms with Crippen LogP contribution in [0.25, 0.3) is 0 Å². The average molecular weight is 401 g/mol. The predicted octanol–water partition coefficient (Wildman–Crippen LogP) is 4.61. The number of aliphatic hydroxyl groups is 1. The Morgan fingerprint density at radius 2 is 1.72 bits per heavy atom. The topological polar surface area (TPSA) is 60.9 Å². The van der Waals surface area contributed by atoms with Crippen LogP contribution in [0.4, 0.5) is 4.79 Å². The standard InChI is InChI=1S/C24H36N2O3/c1-16-20(18-10-8-7-9-11-18)26(22(29)25(16)6)21(28)24(17(2)27)14-12-19(13-15-24)23(3,4)5/h7-11,16-17,19-20,27H,12-15H2,1-6H3/t16-,17-,19?,20-,24?/m0/s1. The molecule has 1 N–H and O–H groups in total. The minimum Gasteiger partial charge on any atom is -0.392 e. The number of amides is 3. The first-order chi connectivity index (χ1) is 13.5. The summed E-state index contributed by atoms with van der Waals surface area (Å²) < 4.78 is 0. The molecule has 1 aliphatic heterocycles. The normalized spacial score (nSPS) is 31.8. The summed E-state index contributed by atoms with van der Waals surface area (Å²) in [4.78, 5) is 30.1. The van der Waals surface area contributed by atoms with E-state index in [0.29, 0.717) is 18.8 Å². The zero-order chi connectivity index (χ0) is 21.6. The van der Waals surface area contributed by atoms with E-state index >= 15 is 0 Å². The van der Waals surface area contributed by atoms with Gasteiger partial charge in [-0.05, 0) is 56.4 Å². The summed E-state index contributed by atoms with van der Waals surface area (Å²) in [5.41, 5.74) is 0.240. The van der Waals surface area contributed by atoms with Gasteiger partial charge < -0.3 is 10.0 Å². The number of urea groups is 1. The molecule has 0 spiro atoms. The molecule has 0 aromatic heterocycles. The highest BCUT2D eigenvalue weighted by molar-refractivity contribution is 6.00. The first-order valence-electron chi connectivity index (χ1n) is 10.8. The summed E-state index contributed by atoms with van der Waals surface area (Å²) in [5.74, 6) is 0.304. The number of hydrogen-bond donors (Lipinski definition) is 1. The Morgan fingerprint density at radius 3 is 2.21 bits per heavy atom. The molecule has 1 aromatic rings. The van der Waals surface area contributed by atoms with Crippen molar-refractivity contribution in [3.8, 4) is 0 Å². The van der Waals surface area contributed by atoms with Gasteiger partial charge in [-0.25, -0.2) is 4.79 Å². The van der Waals surface area contributed by atoms with Crippen molar-refractivity contribution in [1.29, 1.82) is 0 Å². The van der Waals surface area contributed by atoms with Gasteiger partial charge in [0.25, 0.3) is 0 Å². The quantitative estimate of drug-likeness (QED) is 0.806. The second-order valence-electron chi connectivity index (χ2n) is 10.1. The summed E-state index contributed by atoms with van der Waals surface area (Å²) in [6, 6.07) is 9.03. The van der Waals surface area contributed by atoms with Gasteiger partial charge in [0.15, 0.2) is 0 Å². The van der Waals surface area contributed by atoms with E-state index in [1.54, 1.807) is 18.9 Å². The summed E-state index contributed by atoms with van der Waals surface area (Å²) in [7, 11) is 1.75. The van der Waals surface area contributed by atoms with Gasteiger partial charge >= 0.3 is 6.03 Å². The summed E-state index contributed by atoms with van der Waals surface area (Å²) in [6.45, 7) is 10.4. The van der Waals surface area contributed by atoms with Gasteiger partial charge in [-0.2, -0.15) is 0 Å². The molecule has 2 aliphatic rings. The highest BCUT2D eigenvalue weighted by Gasteiger charge is 2.55. The molecular formula is C24H36N2O3. The first kappa shape index (κ1) is 21.8. The van der Waals surface area contributed by atoms with Crippen molar-refractivity contribution in [2.45, 2.75) is 78.5 Å². The third kappa shape index (κ3) is 3.70. The molecule has 0 radical (unpaired) electrons. The van der Waals surface area contributed by atoms with Crippen LogP contribution in [0.3, 0.4) is 0 Å². The number of imide groups is 1. The van der Waals surface area contributed by atoms with Gasteiger partial charge in [0.05, 0.1) is 23.6 Å². The van der Waals surface area contributed by atoms with Crippen molar-refractivity contribution in [3.05, 3.63) is 35.9 Å². The van der Waals surface area contributed by atoms with E-state index in [1.165, 1.54) is 4.90 Å². The first-order valence-corrected chi connectivity index (χ1v) is 10.8. The molecule has 160 valence electrons. The number of hydrogen-bond acceptors (Lipinski definition) is 3. The molecule has 29 heavy (non-hydrogen) atoms. The molecule has 1 aliphatic carbocycles. The smallest absolute Gasteiger partial charge is 0.327 e. The third-order valence-corrected chi connectivity index (χ3v) is 7.54. The van der Waals surface area contributed by atoms with Crippen LogP contribution in [-0.4, -0.2) is 46.0 Å². The fourth-order valence-corrected chi connectivity index (χ4v) is 5.23. The molecule has 5 heteroatoms. The molecule has 2 fully saturated rings. The Balaban J connectivity index is 1.96. The van der Waals surface area contributed by atoms with E-state index in [2.05, 4.69) is 20.8 Å². The highest BCUT2D eigenvalue weighted by atomic mass is 16.3. The Hall–Kier alpha value is -1.88. The lowest BCUT2D eigenvalue weighted by Crippen LogP contribution is -2.53. The number of rotatable bonds is 3. The number of benzene rings is 1. The van der Waals surface area contributed by atoms with Crippen LogP contribution in [-0.2, 0) is 4.79 Å². The van der Waals surface area contributed by atoms with E-state index in [1.807, 2.05) is 37.3 Å². The molecule has 1 aromatic carbocycles. The fourth-order valence-electron chi connectivity index (χ4n) is 5.23. The van der Waals surface area contributed by atoms with Gasteiger partial charge in [0.2, 0.25) is 5.91 Å². The molecule has 0 unspecified atom stereocenters. The Bertz CT molecular complexity index is 745. The zero-order valence-corrected chi connectivity index (χ0v) is 18.7. The van der Waals surface area contributed by atoms with Crippen molar-refractivity contribution in [2.75, 3.05) is 7.05 Å². The Morgan fingerprint density at radius 1 is 1.17 bits per heavy atom. The lowest BCUT2D eigenvalue weighted by molar-refractivity contribution is -0.152. The maximum absolute atomic E-state index is 13.9. The average Bonchev–Trinajstić information content (AvgIpc) is 2.91. The molecule has 1 saturated heterocycles. The van der Waals surface area contributed by atoms with Crippen LogP contribution in [0.5, 0.6) is 0 Å². The van der Waals surface area contributed by atoms with Crippen LogP contribution in [0.15, 0.2) is 30.3 Å². The lowest BCUT2D eigenvalue weighted by Gasteiger charge is -2.46. The maximum atomic E-state index is 13.9. The molecular weight excluding hydrogens is 364 g/mol. The predicted molar refractivity (Wildman–Crippen MR) is 114 cm³/mol. The van der Waals surface area contributed by atoms with Crippen molar-refractivity contribution in [3.63, 3.8) is 0 Å². The summed E-state index contributed by atoms with van der Waals surface area (Å²) in [6.07, 6.45) is 2.23. The number of carbonyl (C=O) groups is 2. The number of nitrogens with zero attached hydrogens (tertiary/aromatic N) is 2. The van der Waals surface area contributed by atoms with Crippen molar-refractivity contribution in [2.24, 2.45) is 16.7 Å². The monoisotopic (exact) mass is 400 g/mol. The molecule has 1 saturated carbocycles. The molecule has 1 heterocycles. The minimum atomic E-state index is -0.894. The zero-order valence-electron chi connectivity index (χ0n) is 18.7. The van der Waals surface area contributed by atoms with Crippen LogP contribution in [0.1, 0.15) is 71.9 Å². The second kappa shape index (κ2) is 7.75. The van der Waals surface area contributed by atoms with E-state index in [9.17, 15) is 14.7 Å². The van der Waals surface area contributed by atoms with Crippen molar-refractivity contribution in [1.82, 2.24) is 9.80 Å². The van der Waals surface area contributed by atoms with E-state index in [0.717, 1.165) is 18.4 Å². The molecule has 3 amide bonds. The lowest BCUT2D eigenvalue weighted by atomic mass is 9.61. The second-order valence-corrected chi connectivity index (χ2v) is 10.1. The van der Waals surface area contributed by atoms with E-state index in [-0.39, 0.29) is 29.4 Å².